The summed E-state index contributed by atoms with van der Waals surface area (Å²) in [6.45, 7) is 1.81. The van der Waals surface area contributed by atoms with Crippen LogP contribution in [0.3, 0.4) is 0 Å². The summed E-state index contributed by atoms with van der Waals surface area (Å²) in [5.74, 6) is -2.36. The summed E-state index contributed by atoms with van der Waals surface area (Å²) in [5.41, 5.74) is 4.80. The highest BCUT2D eigenvalue weighted by atomic mass is 35.5. The first-order valence-electron chi connectivity index (χ1n) is 9.88. The lowest BCUT2D eigenvalue weighted by Gasteiger charge is -2.13. The monoisotopic (exact) mass is 480 g/mol. The van der Waals surface area contributed by atoms with Gasteiger partial charge in [0.15, 0.2) is 0 Å². The summed E-state index contributed by atoms with van der Waals surface area (Å²) in [6, 6.07) is 20.3. The molecule has 3 N–H and O–H groups in total. The van der Waals surface area contributed by atoms with Crippen molar-refractivity contribution >= 4 is 63.2 Å². The summed E-state index contributed by atoms with van der Waals surface area (Å²) in [4.78, 5) is 38.3. The van der Waals surface area contributed by atoms with Gasteiger partial charge in [0.2, 0.25) is 0 Å². The molecule has 0 aliphatic heterocycles. The van der Waals surface area contributed by atoms with Crippen LogP contribution < -0.4 is 16.1 Å². The van der Waals surface area contributed by atoms with Crippen LogP contribution in [0.2, 0.25) is 10.0 Å². The molecule has 0 atom stereocenters. The number of benzene rings is 3. The summed E-state index contributed by atoms with van der Waals surface area (Å²) >= 11 is 12.2. The van der Waals surface area contributed by atoms with E-state index in [0.717, 1.165) is 5.56 Å². The minimum atomic E-state index is -0.947. The number of hydrogen-bond donors (Lipinski definition) is 3. The molecule has 7 nitrogen and oxygen atoms in total. The minimum Gasteiger partial charge on any atom is -0.319 e. The number of halogens is 2. The number of rotatable bonds is 4. The topological polar surface area (TPSA) is 92.2 Å². The quantitative estimate of drug-likeness (QED) is 0.349. The maximum Gasteiger partial charge on any atom is 0.328 e. The van der Waals surface area contributed by atoms with Crippen LogP contribution in [0.25, 0.3) is 10.9 Å². The highest BCUT2D eigenvalue weighted by Gasteiger charge is 2.22. The fourth-order valence-corrected chi connectivity index (χ4v) is 3.63. The lowest BCUT2D eigenvalue weighted by atomic mass is 10.2. The molecule has 3 aromatic carbocycles. The molecule has 9 heteroatoms. The minimum absolute atomic E-state index is 0.0872. The molecule has 0 saturated carbocycles. The van der Waals surface area contributed by atoms with Crippen molar-refractivity contribution in [3.8, 4) is 0 Å². The zero-order valence-electron chi connectivity index (χ0n) is 17.4. The molecule has 166 valence electrons. The van der Waals surface area contributed by atoms with Gasteiger partial charge in [-0.25, -0.2) is 4.68 Å². The molecule has 0 fully saturated rings. The van der Waals surface area contributed by atoms with Crippen LogP contribution in [0.5, 0.6) is 0 Å². The van der Waals surface area contributed by atoms with Crippen molar-refractivity contribution in [1.82, 2.24) is 4.68 Å². The van der Waals surface area contributed by atoms with Gasteiger partial charge in [-0.1, -0.05) is 53.5 Å². The highest BCUT2D eigenvalue weighted by Crippen LogP contribution is 2.25. The van der Waals surface area contributed by atoms with E-state index in [2.05, 4.69) is 16.1 Å². The van der Waals surface area contributed by atoms with Crippen molar-refractivity contribution in [3.05, 3.63) is 94.1 Å². The lowest BCUT2D eigenvalue weighted by molar-refractivity contribution is -0.133. The Kier molecular flexibility index (Phi) is 6.35. The maximum absolute atomic E-state index is 13.1. The zero-order chi connectivity index (χ0) is 23.5. The van der Waals surface area contributed by atoms with Gasteiger partial charge in [-0.3, -0.25) is 19.8 Å². The molecule has 0 unspecified atom stereocenters. The Hall–Kier alpha value is -3.81. The van der Waals surface area contributed by atoms with Crippen molar-refractivity contribution in [2.24, 2.45) is 0 Å². The van der Waals surface area contributed by atoms with Crippen LogP contribution in [0.15, 0.2) is 72.8 Å². The van der Waals surface area contributed by atoms with E-state index in [0.29, 0.717) is 32.3 Å². The predicted molar refractivity (Wildman–Crippen MR) is 131 cm³/mol. The fourth-order valence-electron chi connectivity index (χ4n) is 3.27. The number of hydrogen-bond acceptors (Lipinski definition) is 3. The third-order valence-corrected chi connectivity index (χ3v) is 5.50. The number of nitrogens with one attached hydrogen (secondary N) is 3. The molecule has 3 amide bonds. The number of para-hydroxylation sites is 2. The number of nitrogens with zero attached hydrogens (tertiary/aromatic N) is 1. The first-order valence-corrected chi connectivity index (χ1v) is 10.6. The predicted octanol–water partition coefficient (Wildman–Crippen LogP) is 5.22. The maximum atomic E-state index is 13.1. The van der Waals surface area contributed by atoms with E-state index in [1.165, 1.54) is 4.68 Å². The van der Waals surface area contributed by atoms with E-state index < -0.39 is 17.7 Å². The largest absolute Gasteiger partial charge is 0.328 e. The molecule has 0 radical (unpaired) electrons. The van der Waals surface area contributed by atoms with Crippen LogP contribution in [-0.2, 0) is 9.59 Å². The van der Waals surface area contributed by atoms with Gasteiger partial charge in [0.25, 0.3) is 5.91 Å². The first-order chi connectivity index (χ1) is 15.8. The number of anilines is 2. The van der Waals surface area contributed by atoms with Crippen LogP contribution in [-0.4, -0.2) is 22.4 Å². The van der Waals surface area contributed by atoms with Gasteiger partial charge in [-0.15, -0.1) is 0 Å². The Labute approximate surface area is 199 Å². The average molecular weight is 481 g/mol. The second-order valence-corrected chi connectivity index (χ2v) is 8.06. The molecule has 1 heterocycles. The van der Waals surface area contributed by atoms with E-state index in [-0.39, 0.29) is 5.69 Å². The van der Waals surface area contributed by atoms with Crippen molar-refractivity contribution in [1.29, 1.82) is 0 Å². The Morgan fingerprint density at radius 1 is 0.788 bits per heavy atom. The van der Waals surface area contributed by atoms with Crippen LogP contribution >= 0.6 is 23.2 Å². The number of aromatic nitrogens is 1. The van der Waals surface area contributed by atoms with Gasteiger partial charge in [0.05, 0.1) is 16.2 Å². The third-order valence-electron chi connectivity index (χ3n) is 4.93. The first kappa shape index (κ1) is 22.4. The lowest BCUT2D eigenvalue weighted by Crippen LogP contribution is -2.36. The molecule has 0 bridgehead atoms. The Bertz CT molecular complexity index is 1400. The van der Waals surface area contributed by atoms with Crippen molar-refractivity contribution in [3.63, 3.8) is 0 Å². The smallest absolute Gasteiger partial charge is 0.319 e. The molecule has 0 aliphatic rings. The Balaban J connectivity index is 1.65. The van der Waals surface area contributed by atoms with Crippen LogP contribution in [0.4, 0.5) is 11.4 Å². The van der Waals surface area contributed by atoms with E-state index in [1.807, 2.05) is 19.1 Å². The molecule has 1 aromatic heterocycles. The molecule has 0 saturated heterocycles. The summed E-state index contributed by atoms with van der Waals surface area (Å²) in [6.07, 6.45) is 0. The number of aryl methyl sites for hydroxylation is 1. The van der Waals surface area contributed by atoms with Gasteiger partial charge >= 0.3 is 11.8 Å². The van der Waals surface area contributed by atoms with E-state index in [4.69, 9.17) is 23.2 Å². The summed E-state index contributed by atoms with van der Waals surface area (Å²) in [7, 11) is 0. The highest BCUT2D eigenvalue weighted by molar-refractivity contribution is 6.42. The number of carbonyl (C=O) groups excluding carboxylic acids is 3. The van der Waals surface area contributed by atoms with Crippen molar-refractivity contribution in [2.75, 3.05) is 16.1 Å². The molecule has 4 aromatic rings. The van der Waals surface area contributed by atoms with Crippen LogP contribution in [0.1, 0.15) is 16.1 Å². The van der Waals surface area contributed by atoms with Crippen LogP contribution in [0, 0.1) is 6.92 Å². The zero-order valence-corrected chi connectivity index (χ0v) is 18.9. The summed E-state index contributed by atoms with van der Waals surface area (Å²) < 4.78 is 1.25. The van der Waals surface area contributed by atoms with Gasteiger partial charge in [0, 0.05) is 16.1 Å². The van der Waals surface area contributed by atoms with Gasteiger partial charge in [-0.05, 0) is 55.0 Å². The van der Waals surface area contributed by atoms with E-state index in [9.17, 15) is 14.4 Å². The van der Waals surface area contributed by atoms with Gasteiger partial charge in [0.1, 0.15) is 5.69 Å². The molecule has 0 spiro atoms. The SMILES string of the molecule is Cc1ccccc1NC(=O)C(=O)Nn1c(C(=O)Nc2ccccc2Cl)cc2cc(Cl)ccc21. The van der Waals surface area contributed by atoms with Crippen molar-refractivity contribution < 1.29 is 14.4 Å². The second-order valence-electron chi connectivity index (χ2n) is 7.21. The molecule has 0 aliphatic carbocycles. The Morgan fingerprint density at radius 3 is 2.21 bits per heavy atom. The van der Waals surface area contributed by atoms with Crippen molar-refractivity contribution in [2.45, 2.75) is 6.92 Å². The van der Waals surface area contributed by atoms with E-state index >= 15 is 0 Å². The normalized spacial score (nSPS) is 10.6. The third kappa shape index (κ3) is 4.84. The molecule has 33 heavy (non-hydrogen) atoms. The molecular formula is C24H18Cl2N4O3. The standard InChI is InChI=1S/C24H18Cl2N4O3/c1-14-6-2-4-8-18(14)27-23(32)24(33)29-30-20-11-10-16(25)12-15(20)13-21(30)22(31)28-19-9-5-3-7-17(19)26/h2-13H,1H3,(H,27,32)(H,28,31)(H,29,33). The molecular weight excluding hydrogens is 463 g/mol. The van der Waals surface area contributed by atoms with Gasteiger partial charge in [-0.2, -0.15) is 0 Å². The number of fused-ring (bicyclic) bond motifs is 1. The van der Waals surface area contributed by atoms with E-state index in [1.54, 1.807) is 60.7 Å². The Morgan fingerprint density at radius 2 is 1.48 bits per heavy atom. The fraction of sp³-hybridized carbons (Fsp3) is 0.0417. The number of amides is 3. The molecule has 4 rings (SSSR count). The second kappa shape index (κ2) is 9.36. The number of carbonyl (C=O) groups is 3. The average Bonchev–Trinajstić information content (AvgIpc) is 3.14. The van der Waals surface area contributed by atoms with Gasteiger partial charge < -0.3 is 10.6 Å². The summed E-state index contributed by atoms with van der Waals surface area (Å²) in [5, 5.41) is 6.71.